The van der Waals surface area contributed by atoms with Gasteiger partial charge in [0.25, 0.3) is 0 Å². The fourth-order valence-corrected chi connectivity index (χ4v) is 3.07. The van der Waals surface area contributed by atoms with E-state index < -0.39 is 17.8 Å². The van der Waals surface area contributed by atoms with E-state index in [-0.39, 0.29) is 5.91 Å². The van der Waals surface area contributed by atoms with Gasteiger partial charge in [-0.15, -0.1) is 0 Å². The van der Waals surface area contributed by atoms with Crippen LogP contribution in [0, 0.1) is 11.8 Å². The van der Waals surface area contributed by atoms with Crippen molar-refractivity contribution in [3.8, 4) is 0 Å². The van der Waals surface area contributed by atoms with Crippen LogP contribution < -0.4 is 5.32 Å². The number of amides is 1. The molecule has 1 aliphatic carbocycles. The summed E-state index contributed by atoms with van der Waals surface area (Å²) in [5.41, 5.74) is 3.72. The summed E-state index contributed by atoms with van der Waals surface area (Å²) in [6, 6.07) is 15.5. The number of fused-ring (bicyclic) bond motifs is 1. The first-order valence-electron chi connectivity index (χ1n) is 8.14. The summed E-state index contributed by atoms with van der Waals surface area (Å²) < 4.78 is 2.05. The number of carbonyl (C=O) groups is 2. The molecular formula is C19H17N3O3. The number of carbonyl (C=O) groups excluding carboxylic acids is 1. The number of hydrogen-bond donors (Lipinski definition) is 2. The number of nitrogens with one attached hydrogen (secondary N) is 1. The highest BCUT2D eigenvalue weighted by Gasteiger charge is 2.48. The van der Waals surface area contributed by atoms with Crippen LogP contribution in [0.3, 0.4) is 0 Å². The first kappa shape index (κ1) is 15.4. The standard InChI is InChI=1S/C19H17N3O3/c23-18(14-9-15(14)19(24)25)21-13-5-3-4-12(8-13)10-22-11-20-16-6-1-2-7-17(16)22/h1-8,11,14-15H,9-10H2,(H,21,23)(H,24,25)/t14-,15-/m0/s1. The smallest absolute Gasteiger partial charge is 0.307 e. The highest BCUT2D eigenvalue weighted by Crippen LogP contribution is 2.39. The van der Waals surface area contributed by atoms with Gasteiger partial charge in [-0.3, -0.25) is 9.59 Å². The molecule has 1 aromatic heterocycles. The van der Waals surface area contributed by atoms with Crippen LogP contribution in [0.25, 0.3) is 11.0 Å². The van der Waals surface area contributed by atoms with Crippen molar-refractivity contribution < 1.29 is 14.7 Å². The number of rotatable bonds is 5. The molecule has 2 atom stereocenters. The van der Waals surface area contributed by atoms with Crippen molar-refractivity contribution in [3.63, 3.8) is 0 Å². The summed E-state index contributed by atoms with van der Waals surface area (Å²) in [5.74, 6) is -2.09. The maximum Gasteiger partial charge on any atom is 0.307 e. The number of anilines is 1. The molecule has 0 radical (unpaired) electrons. The fourth-order valence-electron chi connectivity index (χ4n) is 3.07. The van der Waals surface area contributed by atoms with E-state index in [2.05, 4.69) is 14.9 Å². The van der Waals surface area contributed by atoms with E-state index in [1.54, 1.807) is 6.33 Å². The molecule has 1 amide bonds. The predicted octanol–water partition coefficient (Wildman–Crippen LogP) is 2.74. The first-order chi connectivity index (χ1) is 12.1. The topological polar surface area (TPSA) is 84.2 Å². The van der Waals surface area contributed by atoms with Gasteiger partial charge >= 0.3 is 5.97 Å². The summed E-state index contributed by atoms with van der Waals surface area (Å²) in [6.07, 6.45) is 2.22. The molecule has 4 rings (SSSR count). The number of hydrogen-bond acceptors (Lipinski definition) is 3. The highest BCUT2D eigenvalue weighted by atomic mass is 16.4. The zero-order valence-electron chi connectivity index (χ0n) is 13.4. The molecule has 3 aromatic rings. The normalized spacial score (nSPS) is 18.9. The number of carboxylic acid groups (broad SMARTS) is 1. The Labute approximate surface area is 144 Å². The van der Waals surface area contributed by atoms with Gasteiger partial charge < -0.3 is 15.0 Å². The molecule has 2 aromatic carbocycles. The number of benzene rings is 2. The predicted molar refractivity (Wildman–Crippen MR) is 93.1 cm³/mol. The third-order valence-electron chi connectivity index (χ3n) is 4.52. The van der Waals surface area contributed by atoms with Gasteiger partial charge in [0.1, 0.15) is 0 Å². The van der Waals surface area contributed by atoms with Gasteiger partial charge in [0.05, 0.1) is 29.2 Å². The Morgan fingerprint density at radius 2 is 2.00 bits per heavy atom. The zero-order valence-corrected chi connectivity index (χ0v) is 13.4. The van der Waals surface area contributed by atoms with Gasteiger partial charge in [-0.05, 0) is 36.2 Å². The monoisotopic (exact) mass is 335 g/mol. The third kappa shape index (κ3) is 3.10. The van der Waals surface area contributed by atoms with Crippen molar-refractivity contribution in [1.29, 1.82) is 0 Å². The molecule has 25 heavy (non-hydrogen) atoms. The lowest BCUT2D eigenvalue weighted by molar-refractivity contribution is -0.139. The highest BCUT2D eigenvalue weighted by molar-refractivity contribution is 5.98. The fraction of sp³-hybridized carbons (Fsp3) is 0.211. The second kappa shape index (κ2) is 6.05. The van der Waals surface area contributed by atoms with Crippen LogP contribution in [0.15, 0.2) is 54.9 Å². The van der Waals surface area contributed by atoms with Crippen LogP contribution in [0.1, 0.15) is 12.0 Å². The van der Waals surface area contributed by atoms with E-state index in [0.717, 1.165) is 16.6 Å². The van der Waals surface area contributed by atoms with Crippen LogP contribution in [-0.4, -0.2) is 26.5 Å². The molecule has 126 valence electrons. The molecule has 1 aliphatic rings. The second-order valence-corrected chi connectivity index (χ2v) is 6.34. The van der Waals surface area contributed by atoms with E-state index in [0.29, 0.717) is 18.7 Å². The second-order valence-electron chi connectivity index (χ2n) is 6.34. The van der Waals surface area contributed by atoms with Crippen LogP contribution in [-0.2, 0) is 16.1 Å². The maximum absolute atomic E-state index is 12.1. The maximum atomic E-state index is 12.1. The average Bonchev–Trinajstić information content (AvgIpc) is 3.32. The van der Waals surface area contributed by atoms with Crippen molar-refractivity contribution in [3.05, 3.63) is 60.4 Å². The Morgan fingerprint density at radius 1 is 1.16 bits per heavy atom. The lowest BCUT2D eigenvalue weighted by Gasteiger charge is -2.08. The Bertz CT molecular complexity index is 963. The van der Waals surface area contributed by atoms with Gasteiger partial charge in [0.15, 0.2) is 0 Å². The van der Waals surface area contributed by atoms with Crippen molar-refractivity contribution in [2.24, 2.45) is 11.8 Å². The number of imidazole rings is 1. The van der Waals surface area contributed by atoms with Crippen LogP contribution >= 0.6 is 0 Å². The SMILES string of the molecule is O=C(O)[C@H]1C[C@@H]1C(=O)Nc1cccc(Cn2cnc3ccccc32)c1. The van der Waals surface area contributed by atoms with Crippen molar-refractivity contribution in [2.45, 2.75) is 13.0 Å². The lowest BCUT2D eigenvalue weighted by Crippen LogP contribution is -2.16. The summed E-state index contributed by atoms with van der Waals surface area (Å²) >= 11 is 0. The minimum atomic E-state index is -0.902. The van der Waals surface area contributed by atoms with Gasteiger partial charge in [0, 0.05) is 12.2 Å². The molecule has 1 saturated carbocycles. The molecule has 0 unspecified atom stereocenters. The molecule has 0 saturated heterocycles. The van der Waals surface area contributed by atoms with Crippen LogP contribution in [0.2, 0.25) is 0 Å². The van der Waals surface area contributed by atoms with E-state index in [9.17, 15) is 9.59 Å². The zero-order chi connectivity index (χ0) is 17.4. The Balaban J connectivity index is 1.48. The third-order valence-corrected chi connectivity index (χ3v) is 4.52. The van der Waals surface area contributed by atoms with E-state index >= 15 is 0 Å². The van der Waals surface area contributed by atoms with E-state index in [1.165, 1.54) is 0 Å². The quantitative estimate of drug-likeness (QED) is 0.751. The molecule has 0 bridgehead atoms. The van der Waals surface area contributed by atoms with Crippen LogP contribution in [0.4, 0.5) is 5.69 Å². The molecular weight excluding hydrogens is 318 g/mol. The average molecular weight is 335 g/mol. The van der Waals surface area contributed by atoms with Crippen molar-refractivity contribution >= 4 is 28.6 Å². The summed E-state index contributed by atoms with van der Waals surface area (Å²) in [6.45, 7) is 0.644. The lowest BCUT2D eigenvalue weighted by atomic mass is 10.2. The van der Waals surface area contributed by atoms with Crippen LogP contribution in [0.5, 0.6) is 0 Å². The van der Waals surface area contributed by atoms with Gasteiger partial charge in [-0.2, -0.15) is 0 Å². The van der Waals surface area contributed by atoms with Gasteiger partial charge in [-0.25, -0.2) is 4.98 Å². The minimum absolute atomic E-state index is 0.224. The Kier molecular flexibility index (Phi) is 3.72. The van der Waals surface area contributed by atoms with Crippen molar-refractivity contribution in [1.82, 2.24) is 9.55 Å². The number of aromatic nitrogens is 2. The summed E-state index contributed by atoms with van der Waals surface area (Å²) in [5, 5.41) is 11.7. The van der Waals surface area contributed by atoms with E-state index in [1.807, 2.05) is 48.5 Å². The molecule has 0 aliphatic heterocycles. The molecule has 1 heterocycles. The number of aliphatic carboxylic acids is 1. The largest absolute Gasteiger partial charge is 0.481 e. The Hall–Kier alpha value is -3.15. The Morgan fingerprint density at radius 3 is 2.80 bits per heavy atom. The van der Waals surface area contributed by atoms with Gasteiger partial charge in [-0.1, -0.05) is 24.3 Å². The molecule has 0 spiro atoms. The molecule has 6 nitrogen and oxygen atoms in total. The van der Waals surface area contributed by atoms with Gasteiger partial charge in [0.2, 0.25) is 5.91 Å². The molecule has 6 heteroatoms. The number of carboxylic acids is 1. The minimum Gasteiger partial charge on any atom is -0.481 e. The van der Waals surface area contributed by atoms with Crippen molar-refractivity contribution in [2.75, 3.05) is 5.32 Å². The number of nitrogens with zero attached hydrogens (tertiary/aromatic N) is 2. The molecule has 2 N–H and O–H groups in total. The number of para-hydroxylation sites is 2. The molecule has 1 fully saturated rings. The first-order valence-corrected chi connectivity index (χ1v) is 8.14. The summed E-state index contributed by atoms with van der Waals surface area (Å²) in [4.78, 5) is 27.4. The van der Waals surface area contributed by atoms with E-state index in [4.69, 9.17) is 5.11 Å². The summed E-state index contributed by atoms with van der Waals surface area (Å²) in [7, 11) is 0.